The van der Waals surface area contributed by atoms with Gasteiger partial charge in [0.05, 0.1) is 11.1 Å². The molecule has 2 aromatic rings. The van der Waals surface area contributed by atoms with E-state index < -0.39 is 29.0 Å². The predicted molar refractivity (Wildman–Crippen MR) is 50.2 cm³/mol. The van der Waals surface area contributed by atoms with Crippen molar-refractivity contribution in [1.82, 2.24) is 4.98 Å². The zero-order chi connectivity index (χ0) is 12.8. The molecule has 0 radical (unpaired) electrons. The summed E-state index contributed by atoms with van der Waals surface area (Å²) in [7, 11) is 0. The number of aromatic carboxylic acids is 1. The lowest BCUT2D eigenvalue weighted by atomic mass is 10.1. The molecule has 0 unspecified atom stereocenters. The average molecular weight is 247 g/mol. The van der Waals surface area contributed by atoms with E-state index in [1.54, 1.807) is 0 Å². The smallest absolute Gasteiger partial charge is 0.419 e. The van der Waals surface area contributed by atoms with Crippen molar-refractivity contribution in [3.63, 3.8) is 0 Å². The summed E-state index contributed by atoms with van der Waals surface area (Å²) in [6, 6.07) is 2.67. The normalized spacial score (nSPS) is 12.0. The van der Waals surface area contributed by atoms with Gasteiger partial charge in [-0.2, -0.15) is 13.2 Å². The van der Waals surface area contributed by atoms with E-state index >= 15 is 0 Å². The minimum absolute atomic E-state index is 0.0768. The van der Waals surface area contributed by atoms with Gasteiger partial charge in [0.1, 0.15) is 5.69 Å². The Bertz CT molecular complexity index is 600. The van der Waals surface area contributed by atoms with Crippen molar-refractivity contribution in [3.05, 3.63) is 35.3 Å². The largest absolute Gasteiger partial charge is 0.477 e. The van der Waals surface area contributed by atoms with Crippen LogP contribution in [0.1, 0.15) is 16.1 Å². The maximum Gasteiger partial charge on any atom is 0.419 e. The number of nitrogens with one attached hydrogen (secondary N) is 1. The summed E-state index contributed by atoms with van der Waals surface area (Å²) in [5.41, 5.74) is -2.25. The molecule has 17 heavy (non-hydrogen) atoms. The Hall–Kier alpha value is -2.05. The maximum atomic E-state index is 13.5. The average Bonchev–Trinajstić information content (AvgIpc) is 2.60. The lowest BCUT2D eigenvalue weighted by molar-refractivity contribution is -0.139. The molecule has 1 heterocycles. The third kappa shape index (κ3) is 1.83. The van der Waals surface area contributed by atoms with Crippen molar-refractivity contribution in [2.45, 2.75) is 6.18 Å². The summed E-state index contributed by atoms with van der Waals surface area (Å²) in [4.78, 5) is 12.7. The van der Waals surface area contributed by atoms with Crippen LogP contribution in [0.25, 0.3) is 10.9 Å². The van der Waals surface area contributed by atoms with Crippen LogP contribution >= 0.6 is 0 Å². The van der Waals surface area contributed by atoms with Gasteiger partial charge in [0.15, 0.2) is 5.82 Å². The fourth-order valence-corrected chi connectivity index (χ4v) is 1.50. The van der Waals surface area contributed by atoms with E-state index in [-0.39, 0.29) is 11.1 Å². The van der Waals surface area contributed by atoms with Crippen LogP contribution in [0.15, 0.2) is 18.2 Å². The fourth-order valence-electron chi connectivity index (χ4n) is 1.50. The van der Waals surface area contributed by atoms with Gasteiger partial charge < -0.3 is 10.1 Å². The Morgan fingerprint density at radius 1 is 1.29 bits per heavy atom. The number of benzene rings is 1. The first-order chi connectivity index (χ1) is 7.80. The van der Waals surface area contributed by atoms with Gasteiger partial charge in [-0.1, -0.05) is 6.07 Å². The Balaban J connectivity index is 2.71. The maximum absolute atomic E-state index is 13.5. The highest BCUT2D eigenvalue weighted by Crippen LogP contribution is 2.34. The number of fused-ring (bicyclic) bond motifs is 1. The molecule has 90 valence electrons. The fraction of sp³-hybridized carbons (Fsp3) is 0.100. The monoisotopic (exact) mass is 247 g/mol. The minimum atomic E-state index is -4.81. The van der Waals surface area contributed by atoms with Crippen LogP contribution in [0.5, 0.6) is 0 Å². The quantitative estimate of drug-likeness (QED) is 0.761. The molecule has 7 heteroatoms. The lowest BCUT2D eigenvalue weighted by Crippen LogP contribution is -2.08. The molecule has 0 bridgehead atoms. The topological polar surface area (TPSA) is 53.1 Å². The highest BCUT2D eigenvalue weighted by Gasteiger charge is 2.35. The molecule has 0 fully saturated rings. The Morgan fingerprint density at radius 3 is 2.47 bits per heavy atom. The van der Waals surface area contributed by atoms with Crippen LogP contribution < -0.4 is 0 Å². The number of aromatic amines is 1. The highest BCUT2D eigenvalue weighted by molar-refractivity contribution is 5.94. The first-order valence-corrected chi connectivity index (χ1v) is 4.42. The van der Waals surface area contributed by atoms with Gasteiger partial charge in [0.2, 0.25) is 0 Å². The van der Waals surface area contributed by atoms with Gasteiger partial charge in [-0.3, -0.25) is 0 Å². The zero-order valence-corrected chi connectivity index (χ0v) is 8.10. The van der Waals surface area contributed by atoms with Crippen LogP contribution in [0, 0.1) is 5.82 Å². The molecule has 0 spiro atoms. The van der Waals surface area contributed by atoms with E-state index in [1.807, 2.05) is 0 Å². The van der Waals surface area contributed by atoms with Gasteiger partial charge in [-0.05, 0) is 12.1 Å². The van der Waals surface area contributed by atoms with E-state index in [4.69, 9.17) is 5.11 Å². The molecule has 0 atom stereocenters. The number of alkyl halides is 3. The Labute approximate surface area is 91.7 Å². The number of halogens is 4. The number of carbonyl (C=O) groups is 1. The predicted octanol–water partition coefficient (Wildman–Crippen LogP) is 3.02. The van der Waals surface area contributed by atoms with Crippen molar-refractivity contribution in [2.75, 3.05) is 0 Å². The van der Waals surface area contributed by atoms with Crippen molar-refractivity contribution in [3.8, 4) is 0 Å². The van der Waals surface area contributed by atoms with Crippen LogP contribution in [0.3, 0.4) is 0 Å². The molecule has 0 aliphatic heterocycles. The van der Waals surface area contributed by atoms with E-state index in [0.717, 1.165) is 12.1 Å². The van der Waals surface area contributed by atoms with E-state index in [2.05, 4.69) is 4.98 Å². The summed E-state index contributed by atoms with van der Waals surface area (Å²) in [6.45, 7) is 0. The van der Waals surface area contributed by atoms with E-state index in [0.29, 0.717) is 6.07 Å². The molecule has 2 N–H and O–H groups in total. The van der Waals surface area contributed by atoms with E-state index in [9.17, 15) is 22.4 Å². The van der Waals surface area contributed by atoms with Gasteiger partial charge in [-0.15, -0.1) is 0 Å². The third-order valence-electron chi connectivity index (χ3n) is 2.27. The second kappa shape index (κ2) is 3.47. The molecule has 0 aliphatic carbocycles. The molecular weight excluding hydrogens is 242 g/mol. The zero-order valence-electron chi connectivity index (χ0n) is 8.10. The minimum Gasteiger partial charge on any atom is -0.477 e. The van der Waals surface area contributed by atoms with Crippen LogP contribution in [-0.2, 0) is 6.18 Å². The second-order valence-electron chi connectivity index (χ2n) is 3.38. The Morgan fingerprint density at radius 2 is 1.94 bits per heavy atom. The standard InChI is InChI=1S/C10H5F4NO2/c11-7-5(10(12,13)14)2-1-4-3-6(9(16)17)15-8(4)7/h1-3,15H,(H,16,17). The molecule has 0 aliphatic rings. The van der Waals surface area contributed by atoms with Gasteiger partial charge in [0.25, 0.3) is 0 Å². The third-order valence-corrected chi connectivity index (χ3v) is 2.27. The van der Waals surface area contributed by atoms with Crippen LogP contribution in [0.4, 0.5) is 17.6 Å². The SMILES string of the molecule is O=C(O)c1cc2ccc(C(F)(F)F)c(F)c2[nH]1. The van der Waals surface area contributed by atoms with Gasteiger partial charge in [-0.25, -0.2) is 9.18 Å². The number of H-pyrrole nitrogens is 1. The number of aromatic nitrogens is 1. The first-order valence-electron chi connectivity index (χ1n) is 4.42. The van der Waals surface area contributed by atoms with Crippen molar-refractivity contribution in [1.29, 1.82) is 0 Å². The van der Waals surface area contributed by atoms with E-state index in [1.165, 1.54) is 0 Å². The summed E-state index contributed by atoms with van der Waals surface area (Å²) in [5, 5.41) is 8.71. The molecule has 2 rings (SSSR count). The van der Waals surface area contributed by atoms with Crippen LogP contribution in [0.2, 0.25) is 0 Å². The molecule has 1 aromatic heterocycles. The second-order valence-corrected chi connectivity index (χ2v) is 3.38. The van der Waals surface area contributed by atoms with Gasteiger partial charge in [0, 0.05) is 5.39 Å². The summed E-state index contributed by atoms with van der Waals surface area (Å²) in [5.74, 6) is -2.86. The number of hydrogen-bond acceptors (Lipinski definition) is 1. The number of hydrogen-bond donors (Lipinski definition) is 2. The molecule has 3 nitrogen and oxygen atoms in total. The number of rotatable bonds is 1. The molecule has 0 saturated heterocycles. The lowest BCUT2D eigenvalue weighted by Gasteiger charge is -2.07. The number of carboxylic acid groups (broad SMARTS) is 1. The summed E-state index contributed by atoms with van der Waals surface area (Å²) < 4.78 is 50.6. The first kappa shape index (κ1) is 11.4. The molecule has 0 amide bonds. The van der Waals surface area contributed by atoms with Crippen molar-refractivity contribution in [2.24, 2.45) is 0 Å². The summed E-state index contributed by atoms with van der Waals surface area (Å²) >= 11 is 0. The Kier molecular flexibility index (Phi) is 2.34. The van der Waals surface area contributed by atoms with Crippen LogP contribution in [-0.4, -0.2) is 16.1 Å². The molecular formula is C10H5F4NO2. The highest BCUT2D eigenvalue weighted by atomic mass is 19.4. The van der Waals surface area contributed by atoms with Crippen molar-refractivity contribution < 1.29 is 27.5 Å². The number of carboxylic acids is 1. The molecule has 0 saturated carbocycles. The summed E-state index contributed by atoms with van der Waals surface area (Å²) in [6.07, 6.45) is -4.81. The molecule has 1 aromatic carbocycles. The van der Waals surface area contributed by atoms with Crippen molar-refractivity contribution >= 4 is 16.9 Å². The van der Waals surface area contributed by atoms with Gasteiger partial charge >= 0.3 is 12.1 Å².